The SMILES string of the molecule is O=C(O)CCNC(=O)CCOc1ccccc1Br. The number of amides is 1. The molecule has 0 heterocycles. The largest absolute Gasteiger partial charge is 0.492 e. The van der Waals surface area contributed by atoms with Crippen LogP contribution in [0.4, 0.5) is 0 Å². The molecule has 0 atom stereocenters. The van der Waals surface area contributed by atoms with Gasteiger partial charge < -0.3 is 15.2 Å². The molecule has 0 aliphatic carbocycles. The van der Waals surface area contributed by atoms with Gasteiger partial charge in [-0.2, -0.15) is 0 Å². The van der Waals surface area contributed by atoms with E-state index >= 15 is 0 Å². The van der Waals surface area contributed by atoms with E-state index in [0.29, 0.717) is 5.75 Å². The maximum atomic E-state index is 11.3. The van der Waals surface area contributed by atoms with Crippen molar-refractivity contribution in [1.82, 2.24) is 5.32 Å². The van der Waals surface area contributed by atoms with Crippen LogP contribution in [0, 0.1) is 0 Å². The number of halogens is 1. The number of ether oxygens (including phenoxy) is 1. The molecule has 6 heteroatoms. The summed E-state index contributed by atoms with van der Waals surface area (Å²) in [7, 11) is 0. The zero-order valence-electron chi connectivity index (χ0n) is 9.69. The van der Waals surface area contributed by atoms with Crippen LogP contribution in [0.3, 0.4) is 0 Å². The molecule has 0 aliphatic heterocycles. The molecule has 1 aromatic rings. The molecule has 5 nitrogen and oxygen atoms in total. The molecule has 18 heavy (non-hydrogen) atoms. The van der Waals surface area contributed by atoms with Crippen LogP contribution in [0.5, 0.6) is 5.75 Å². The summed E-state index contributed by atoms with van der Waals surface area (Å²) in [6.45, 7) is 0.394. The maximum Gasteiger partial charge on any atom is 0.305 e. The second-order valence-corrected chi connectivity index (χ2v) is 4.38. The number of aliphatic carboxylic acids is 1. The zero-order chi connectivity index (χ0) is 13.4. The first-order valence-electron chi connectivity index (χ1n) is 5.45. The Morgan fingerprint density at radius 3 is 2.67 bits per heavy atom. The predicted molar refractivity (Wildman–Crippen MR) is 69.5 cm³/mol. The van der Waals surface area contributed by atoms with Gasteiger partial charge in [-0.1, -0.05) is 12.1 Å². The molecule has 1 aromatic carbocycles. The van der Waals surface area contributed by atoms with Crippen LogP contribution >= 0.6 is 15.9 Å². The number of carboxylic acids is 1. The lowest BCUT2D eigenvalue weighted by Gasteiger charge is -2.07. The summed E-state index contributed by atoms with van der Waals surface area (Å²) in [6.07, 6.45) is 0.123. The Labute approximate surface area is 113 Å². The van der Waals surface area contributed by atoms with Crippen molar-refractivity contribution in [2.45, 2.75) is 12.8 Å². The third kappa shape index (κ3) is 5.67. The van der Waals surface area contributed by atoms with Crippen molar-refractivity contribution in [3.05, 3.63) is 28.7 Å². The number of rotatable bonds is 7. The smallest absolute Gasteiger partial charge is 0.305 e. The van der Waals surface area contributed by atoms with Crippen LogP contribution < -0.4 is 10.1 Å². The average molecular weight is 316 g/mol. The highest BCUT2D eigenvalue weighted by molar-refractivity contribution is 9.10. The summed E-state index contributed by atoms with van der Waals surface area (Å²) >= 11 is 3.33. The van der Waals surface area contributed by atoms with Gasteiger partial charge in [0, 0.05) is 6.54 Å². The minimum atomic E-state index is -0.931. The fourth-order valence-corrected chi connectivity index (χ4v) is 1.61. The Hall–Kier alpha value is -1.56. The Bertz CT molecular complexity index is 422. The molecule has 1 amide bonds. The standard InChI is InChI=1S/C12H14BrNO4/c13-9-3-1-2-4-10(9)18-8-6-11(15)14-7-5-12(16)17/h1-4H,5-8H2,(H,14,15)(H,16,17). The van der Waals surface area contributed by atoms with Gasteiger partial charge in [0.2, 0.25) is 5.91 Å². The number of carboxylic acid groups (broad SMARTS) is 1. The zero-order valence-corrected chi connectivity index (χ0v) is 11.3. The van der Waals surface area contributed by atoms with Crippen molar-refractivity contribution >= 4 is 27.8 Å². The van der Waals surface area contributed by atoms with Crippen molar-refractivity contribution in [3.63, 3.8) is 0 Å². The Balaban J connectivity index is 2.20. The van der Waals surface area contributed by atoms with Crippen molar-refractivity contribution in [2.75, 3.05) is 13.2 Å². The Kier molecular flexibility index (Phi) is 6.21. The minimum absolute atomic E-state index is 0.0726. The summed E-state index contributed by atoms with van der Waals surface area (Å²) < 4.78 is 6.24. The first-order valence-corrected chi connectivity index (χ1v) is 6.24. The fraction of sp³-hybridized carbons (Fsp3) is 0.333. The molecule has 0 unspecified atom stereocenters. The summed E-state index contributed by atoms with van der Waals surface area (Å²) in [5.74, 6) is -0.473. The van der Waals surface area contributed by atoms with Crippen LogP contribution in [-0.2, 0) is 9.59 Å². The van der Waals surface area contributed by atoms with E-state index < -0.39 is 5.97 Å². The molecular weight excluding hydrogens is 302 g/mol. The predicted octanol–water partition coefficient (Wildman–Crippen LogP) is 1.81. The van der Waals surface area contributed by atoms with Gasteiger partial charge in [0.1, 0.15) is 5.75 Å². The van der Waals surface area contributed by atoms with Crippen LogP contribution in [-0.4, -0.2) is 30.1 Å². The highest BCUT2D eigenvalue weighted by Crippen LogP contribution is 2.23. The molecule has 0 fully saturated rings. The van der Waals surface area contributed by atoms with Gasteiger partial charge in [0.25, 0.3) is 0 Å². The van der Waals surface area contributed by atoms with E-state index in [9.17, 15) is 9.59 Å². The van der Waals surface area contributed by atoms with Gasteiger partial charge >= 0.3 is 5.97 Å². The van der Waals surface area contributed by atoms with E-state index in [4.69, 9.17) is 9.84 Å². The van der Waals surface area contributed by atoms with Gasteiger partial charge in [-0.05, 0) is 28.1 Å². The Morgan fingerprint density at radius 2 is 2.00 bits per heavy atom. The van der Waals surface area contributed by atoms with Gasteiger partial charge in [-0.3, -0.25) is 9.59 Å². The number of nitrogens with one attached hydrogen (secondary N) is 1. The molecule has 0 radical (unpaired) electrons. The van der Waals surface area contributed by atoms with Gasteiger partial charge in [-0.15, -0.1) is 0 Å². The topological polar surface area (TPSA) is 75.6 Å². The lowest BCUT2D eigenvalue weighted by Crippen LogP contribution is -2.27. The lowest BCUT2D eigenvalue weighted by atomic mass is 10.3. The van der Waals surface area contributed by atoms with Crippen LogP contribution in [0.25, 0.3) is 0 Å². The van der Waals surface area contributed by atoms with Crippen molar-refractivity contribution in [2.24, 2.45) is 0 Å². The third-order valence-corrected chi connectivity index (χ3v) is 2.74. The molecule has 0 saturated carbocycles. The summed E-state index contributed by atoms with van der Waals surface area (Å²) in [4.78, 5) is 21.5. The van der Waals surface area contributed by atoms with E-state index in [0.717, 1.165) is 4.47 Å². The van der Waals surface area contributed by atoms with E-state index in [1.165, 1.54) is 0 Å². The summed E-state index contributed by atoms with van der Waals surface area (Å²) in [5, 5.41) is 10.9. The number of benzene rings is 1. The molecule has 0 aliphatic rings. The third-order valence-electron chi connectivity index (χ3n) is 2.08. The van der Waals surface area contributed by atoms with Gasteiger partial charge in [0.05, 0.1) is 23.9 Å². The van der Waals surface area contributed by atoms with Crippen LogP contribution in [0.2, 0.25) is 0 Å². The molecule has 0 saturated heterocycles. The second kappa shape index (κ2) is 7.71. The second-order valence-electron chi connectivity index (χ2n) is 3.52. The monoisotopic (exact) mass is 315 g/mol. The quantitative estimate of drug-likeness (QED) is 0.804. The molecular formula is C12H14BrNO4. The Morgan fingerprint density at radius 1 is 1.28 bits per heavy atom. The number of carbonyl (C=O) groups is 2. The normalized spacial score (nSPS) is 9.83. The van der Waals surface area contributed by atoms with E-state index in [1.807, 2.05) is 18.2 Å². The maximum absolute atomic E-state index is 11.3. The molecule has 2 N–H and O–H groups in total. The van der Waals surface area contributed by atoms with E-state index in [-0.39, 0.29) is 31.9 Å². The first-order chi connectivity index (χ1) is 8.59. The van der Waals surface area contributed by atoms with E-state index in [1.54, 1.807) is 6.07 Å². The van der Waals surface area contributed by atoms with E-state index in [2.05, 4.69) is 21.2 Å². The number of hydrogen-bond acceptors (Lipinski definition) is 3. The summed E-state index contributed by atoms with van der Waals surface area (Å²) in [6, 6.07) is 7.36. The highest BCUT2D eigenvalue weighted by Gasteiger charge is 2.04. The van der Waals surface area contributed by atoms with Crippen molar-refractivity contribution in [3.8, 4) is 5.75 Å². The van der Waals surface area contributed by atoms with Gasteiger partial charge in [0.15, 0.2) is 0 Å². The van der Waals surface area contributed by atoms with Gasteiger partial charge in [-0.25, -0.2) is 0 Å². The lowest BCUT2D eigenvalue weighted by molar-refractivity contribution is -0.136. The minimum Gasteiger partial charge on any atom is -0.492 e. The first kappa shape index (κ1) is 14.5. The van der Waals surface area contributed by atoms with Crippen molar-refractivity contribution in [1.29, 1.82) is 0 Å². The van der Waals surface area contributed by atoms with Crippen molar-refractivity contribution < 1.29 is 19.4 Å². The van der Waals surface area contributed by atoms with Crippen LogP contribution in [0.15, 0.2) is 28.7 Å². The highest BCUT2D eigenvalue weighted by atomic mass is 79.9. The molecule has 98 valence electrons. The molecule has 0 aromatic heterocycles. The molecule has 1 rings (SSSR count). The number of hydrogen-bond donors (Lipinski definition) is 2. The molecule has 0 bridgehead atoms. The summed E-state index contributed by atoms with van der Waals surface area (Å²) in [5.41, 5.74) is 0. The number of para-hydroxylation sites is 1. The number of carbonyl (C=O) groups excluding carboxylic acids is 1. The average Bonchev–Trinajstić information content (AvgIpc) is 2.31. The fourth-order valence-electron chi connectivity index (χ4n) is 1.21. The molecule has 0 spiro atoms. The van der Waals surface area contributed by atoms with Crippen LogP contribution in [0.1, 0.15) is 12.8 Å².